The van der Waals surface area contributed by atoms with Crippen LogP contribution < -0.4 is 4.31 Å². The molecule has 1 saturated heterocycles. The molecule has 0 N–H and O–H groups in total. The monoisotopic (exact) mass is 338 g/mol. The number of nitrogens with zero attached hydrogens (tertiary/aromatic N) is 2. The molecule has 1 atom stereocenters. The Labute approximate surface area is 137 Å². The van der Waals surface area contributed by atoms with Crippen molar-refractivity contribution < 1.29 is 17.9 Å². The number of carbonyl (C=O) groups excluding carboxylic acids is 1. The molecule has 0 spiro atoms. The van der Waals surface area contributed by atoms with Crippen LogP contribution in [0.5, 0.6) is 0 Å². The summed E-state index contributed by atoms with van der Waals surface area (Å²) in [6, 6.07) is 5.30. The summed E-state index contributed by atoms with van der Waals surface area (Å²) in [5, 5.41) is 0. The standard InChI is InChI=1S/C16H22N2O4S/c1-3-14-11-17(8-9-22-14)16(19)13-4-5-15-12(10-13)6-7-18(15)23(2,20)21/h4-5,10,14H,3,6-9,11H2,1-2H3/t14-/m1/s1. The lowest BCUT2D eigenvalue weighted by Crippen LogP contribution is -2.45. The number of sulfonamides is 1. The van der Waals surface area contributed by atoms with Crippen molar-refractivity contribution in [2.45, 2.75) is 25.9 Å². The zero-order chi connectivity index (χ0) is 16.6. The van der Waals surface area contributed by atoms with Gasteiger partial charge in [-0.05, 0) is 36.6 Å². The fourth-order valence-corrected chi connectivity index (χ4v) is 4.14. The molecule has 0 bridgehead atoms. The molecule has 0 aliphatic carbocycles. The number of hydrogen-bond donors (Lipinski definition) is 0. The van der Waals surface area contributed by atoms with Crippen LogP contribution in [0.25, 0.3) is 0 Å². The van der Waals surface area contributed by atoms with Crippen molar-refractivity contribution >= 4 is 21.6 Å². The second-order valence-corrected chi connectivity index (χ2v) is 7.99. The van der Waals surface area contributed by atoms with Gasteiger partial charge in [-0.25, -0.2) is 8.42 Å². The van der Waals surface area contributed by atoms with E-state index in [-0.39, 0.29) is 12.0 Å². The Hall–Kier alpha value is -1.60. The summed E-state index contributed by atoms with van der Waals surface area (Å²) >= 11 is 0. The van der Waals surface area contributed by atoms with E-state index in [1.807, 2.05) is 17.9 Å². The predicted molar refractivity (Wildman–Crippen MR) is 88.3 cm³/mol. The van der Waals surface area contributed by atoms with Crippen molar-refractivity contribution in [2.75, 3.05) is 36.8 Å². The molecule has 1 aromatic carbocycles. The number of fused-ring (bicyclic) bond motifs is 1. The molecule has 1 amide bonds. The Morgan fingerprint density at radius 2 is 2.13 bits per heavy atom. The zero-order valence-electron chi connectivity index (χ0n) is 13.5. The summed E-state index contributed by atoms with van der Waals surface area (Å²) in [6.45, 7) is 4.27. The van der Waals surface area contributed by atoms with E-state index in [1.165, 1.54) is 10.6 Å². The highest BCUT2D eigenvalue weighted by atomic mass is 32.2. The topological polar surface area (TPSA) is 66.9 Å². The Morgan fingerprint density at radius 3 is 2.83 bits per heavy atom. The third-order valence-corrected chi connectivity index (χ3v) is 5.64. The van der Waals surface area contributed by atoms with E-state index in [4.69, 9.17) is 4.74 Å². The lowest BCUT2D eigenvalue weighted by molar-refractivity contribution is -0.0226. The first-order valence-corrected chi connectivity index (χ1v) is 9.76. The first-order chi connectivity index (χ1) is 10.9. The number of anilines is 1. The van der Waals surface area contributed by atoms with Gasteiger partial charge in [-0.2, -0.15) is 0 Å². The van der Waals surface area contributed by atoms with Gasteiger partial charge in [-0.3, -0.25) is 9.10 Å². The maximum Gasteiger partial charge on any atom is 0.254 e. The highest BCUT2D eigenvalue weighted by Crippen LogP contribution is 2.31. The highest BCUT2D eigenvalue weighted by molar-refractivity contribution is 7.92. The fraction of sp³-hybridized carbons (Fsp3) is 0.562. The smallest absolute Gasteiger partial charge is 0.254 e. The van der Waals surface area contributed by atoms with Gasteiger partial charge in [0.2, 0.25) is 10.0 Å². The molecular formula is C16H22N2O4S. The van der Waals surface area contributed by atoms with Crippen molar-refractivity contribution in [3.8, 4) is 0 Å². The number of benzene rings is 1. The van der Waals surface area contributed by atoms with Crippen LogP contribution in [0.4, 0.5) is 5.69 Å². The SMILES string of the molecule is CC[C@@H]1CN(C(=O)c2ccc3c(c2)CCN3S(C)(=O)=O)CCO1. The van der Waals surface area contributed by atoms with E-state index in [1.54, 1.807) is 12.1 Å². The molecule has 1 fully saturated rings. The van der Waals surface area contributed by atoms with Crippen LogP contribution in [0.3, 0.4) is 0 Å². The quantitative estimate of drug-likeness (QED) is 0.832. The lowest BCUT2D eigenvalue weighted by atomic mass is 10.1. The zero-order valence-corrected chi connectivity index (χ0v) is 14.3. The summed E-state index contributed by atoms with van der Waals surface area (Å²) in [6.07, 6.45) is 2.84. The molecule has 3 rings (SSSR count). The van der Waals surface area contributed by atoms with Crippen LogP contribution in [-0.2, 0) is 21.2 Å². The van der Waals surface area contributed by atoms with Crippen molar-refractivity contribution in [3.05, 3.63) is 29.3 Å². The molecule has 0 saturated carbocycles. The van der Waals surface area contributed by atoms with Crippen molar-refractivity contribution in [3.63, 3.8) is 0 Å². The third-order valence-electron chi connectivity index (χ3n) is 4.46. The molecule has 0 unspecified atom stereocenters. The fourth-order valence-electron chi connectivity index (χ4n) is 3.18. The van der Waals surface area contributed by atoms with E-state index in [2.05, 4.69) is 0 Å². The number of hydrogen-bond acceptors (Lipinski definition) is 4. The summed E-state index contributed by atoms with van der Waals surface area (Å²) in [5.41, 5.74) is 2.23. The predicted octanol–water partition coefficient (Wildman–Crippen LogP) is 1.26. The maximum atomic E-state index is 12.7. The van der Waals surface area contributed by atoms with Gasteiger partial charge < -0.3 is 9.64 Å². The minimum absolute atomic E-state index is 0.00708. The molecule has 6 nitrogen and oxygen atoms in total. The van der Waals surface area contributed by atoms with E-state index < -0.39 is 10.0 Å². The van der Waals surface area contributed by atoms with Crippen LogP contribution in [0.15, 0.2) is 18.2 Å². The van der Waals surface area contributed by atoms with Crippen LogP contribution in [0, 0.1) is 0 Å². The molecule has 2 heterocycles. The molecule has 0 radical (unpaired) electrons. The minimum atomic E-state index is -3.26. The Morgan fingerprint density at radius 1 is 1.35 bits per heavy atom. The summed E-state index contributed by atoms with van der Waals surface area (Å²) in [4.78, 5) is 14.5. The van der Waals surface area contributed by atoms with E-state index in [9.17, 15) is 13.2 Å². The normalized spacial score (nSPS) is 21.4. The number of morpholine rings is 1. The van der Waals surface area contributed by atoms with Gasteiger partial charge in [0.25, 0.3) is 5.91 Å². The Bertz CT molecular complexity index is 717. The molecule has 2 aliphatic heterocycles. The molecular weight excluding hydrogens is 316 g/mol. The van der Waals surface area contributed by atoms with E-state index in [0.717, 1.165) is 12.0 Å². The van der Waals surface area contributed by atoms with Crippen molar-refractivity contribution in [2.24, 2.45) is 0 Å². The van der Waals surface area contributed by atoms with Gasteiger partial charge in [-0.1, -0.05) is 6.92 Å². The first-order valence-electron chi connectivity index (χ1n) is 7.91. The second-order valence-electron chi connectivity index (χ2n) is 6.08. The third kappa shape index (κ3) is 3.21. The number of rotatable bonds is 3. The summed E-state index contributed by atoms with van der Waals surface area (Å²) in [5.74, 6) is -0.00708. The van der Waals surface area contributed by atoms with E-state index in [0.29, 0.717) is 43.9 Å². The molecule has 0 aromatic heterocycles. The Balaban J connectivity index is 1.81. The number of ether oxygens (including phenoxy) is 1. The molecule has 2 aliphatic rings. The van der Waals surface area contributed by atoms with Crippen molar-refractivity contribution in [1.29, 1.82) is 0 Å². The van der Waals surface area contributed by atoms with Gasteiger partial charge in [0.05, 0.1) is 24.7 Å². The van der Waals surface area contributed by atoms with E-state index >= 15 is 0 Å². The van der Waals surface area contributed by atoms with Gasteiger partial charge >= 0.3 is 0 Å². The largest absolute Gasteiger partial charge is 0.375 e. The van der Waals surface area contributed by atoms with Crippen LogP contribution in [0.1, 0.15) is 29.3 Å². The van der Waals surface area contributed by atoms with Gasteiger partial charge in [0.1, 0.15) is 0 Å². The summed E-state index contributed by atoms with van der Waals surface area (Å²) < 4.78 is 30.5. The maximum absolute atomic E-state index is 12.7. The Kier molecular flexibility index (Phi) is 4.33. The number of amides is 1. The average molecular weight is 338 g/mol. The lowest BCUT2D eigenvalue weighted by Gasteiger charge is -2.32. The number of carbonyl (C=O) groups is 1. The van der Waals surface area contributed by atoms with Crippen molar-refractivity contribution in [1.82, 2.24) is 4.90 Å². The minimum Gasteiger partial charge on any atom is -0.375 e. The average Bonchev–Trinajstić information content (AvgIpc) is 2.97. The second kappa shape index (κ2) is 6.13. The van der Waals surface area contributed by atoms with Crippen LogP contribution in [-0.4, -0.2) is 57.8 Å². The first kappa shape index (κ1) is 16.3. The molecule has 7 heteroatoms. The van der Waals surface area contributed by atoms with Gasteiger partial charge in [-0.15, -0.1) is 0 Å². The van der Waals surface area contributed by atoms with Gasteiger partial charge in [0.15, 0.2) is 0 Å². The molecule has 126 valence electrons. The summed E-state index contributed by atoms with van der Waals surface area (Å²) in [7, 11) is -3.26. The molecule has 23 heavy (non-hydrogen) atoms. The van der Waals surface area contributed by atoms with Crippen LogP contribution in [0.2, 0.25) is 0 Å². The van der Waals surface area contributed by atoms with Gasteiger partial charge in [0, 0.05) is 25.2 Å². The highest BCUT2D eigenvalue weighted by Gasteiger charge is 2.28. The van der Waals surface area contributed by atoms with Crippen LogP contribution >= 0.6 is 0 Å². The molecule has 1 aromatic rings.